The van der Waals surface area contributed by atoms with Crippen molar-refractivity contribution in [2.45, 2.75) is 24.9 Å². The van der Waals surface area contributed by atoms with Gasteiger partial charge in [-0.2, -0.15) is 4.31 Å². The Labute approximate surface area is 183 Å². The zero-order valence-corrected chi connectivity index (χ0v) is 18.5. The molecule has 1 saturated heterocycles. The van der Waals surface area contributed by atoms with Gasteiger partial charge >= 0.3 is 0 Å². The summed E-state index contributed by atoms with van der Waals surface area (Å²) < 4.78 is 26.8. The first-order valence-electron chi connectivity index (χ1n) is 9.77. The molecule has 3 heterocycles. The lowest BCUT2D eigenvalue weighted by molar-refractivity contribution is -0.384. The van der Waals surface area contributed by atoms with E-state index in [1.165, 1.54) is 22.6 Å². The zero-order chi connectivity index (χ0) is 22.0. The number of sulfonamides is 1. The van der Waals surface area contributed by atoms with E-state index in [0.29, 0.717) is 31.9 Å². The second kappa shape index (κ2) is 8.73. The van der Waals surface area contributed by atoms with Crippen molar-refractivity contribution in [3.05, 3.63) is 62.9 Å². The third-order valence-electron chi connectivity index (χ3n) is 5.13. The molecule has 0 bridgehead atoms. The van der Waals surface area contributed by atoms with Crippen LogP contribution in [0.2, 0.25) is 0 Å². The number of benzene rings is 1. The minimum Gasteiger partial charge on any atom is -0.345 e. The Morgan fingerprint density at radius 1 is 1.16 bits per heavy atom. The van der Waals surface area contributed by atoms with Gasteiger partial charge in [0.2, 0.25) is 5.16 Å². The summed E-state index contributed by atoms with van der Waals surface area (Å²) in [4.78, 5) is 23.9. The molecule has 0 radical (unpaired) electrons. The van der Waals surface area contributed by atoms with E-state index in [2.05, 4.69) is 14.9 Å². The quantitative estimate of drug-likeness (QED) is 0.422. The van der Waals surface area contributed by atoms with Gasteiger partial charge in [0.05, 0.1) is 10.6 Å². The maximum absolute atomic E-state index is 12.7. The monoisotopic (exact) mass is 462 g/mol. The van der Waals surface area contributed by atoms with Crippen LogP contribution in [0.1, 0.15) is 17.0 Å². The first kappa shape index (κ1) is 21.4. The van der Waals surface area contributed by atoms with Gasteiger partial charge in [-0.1, -0.05) is 12.1 Å². The van der Waals surface area contributed by atoms with Crippen LogP contribution in [0, 0.1) is 17.0 Å². The molecule has 0 spiro atoms. The molecule has 0 saturated carbocycles. The first-order chi connectivity index (χ1) is 14.8. The average Bonchev–Trinajstić information content (AvgIpc) is 3.42. The standard InChI is InChI=1S/C19H22N6O4S2/c1-14-12-20-18(21-14)31(28,29)24-10-8-23(9-11-24)19-22-16(13-30-19)5-2-15-3-6-17(7-4-15)25(26)27/h3-4,6-7,12-13H,2,5,8-11H2,1H3,(H,20,21). The molecule has 12 heteroatoms. The van der Waals surface area contributed by atoms with Crippen LogP contribution in [-0.4, -0.2) is 58.8 Å². The summed E-state index contributed by atoms with van der Waals surface area (Å²) in [6.07, 6.45) is 2.99. The fraction of sp³-hybridized carbons (Fsp3) is 0.368. The highest BCUT2D eigenvalue weighted by molar-refractivity contribution is 7.89. The number of nitro benzene ring substituents is 1. The number of aryl methyl sites for hydroxylation is 3. The molecule has 1 aliphatic rings. The van der Waals surface area contributed by atoms with Crippen LogP contribution in [0.15, 0.2) is 41.0 Å². The summed E-state index contributed by atoms with van der Waals surface area (Å²) in [5, 5.41) is 13.6. The molecular formula is C19H22N6O4S2. The van der Waals surface area contributed by atoms with Crippen LogP contribution in [0.25, 0.3) is 0 Å². The summed E-state index contributed by atoms with van der Waals surface area (Å²) in [5.74, 6) is 0. The van der Waals surface area contributed by atoms with Gasteiger partial charge in [-0.15, -0.1) is 11.3 Å². The minimum atomic E-state index is -3.61. The molecule has 1 aliphatic heterocycles. The van der Waals surface area contributed by atoms with Crippen molar-refractivity contribution in [3.8, 4) is 0 Å². The number of rotatable bonds is 7. The lowest BCUT2D eigenvalue weighted by Gasteiger charge is -2.33. The number of non-ortho nitro benzene ring substituents is 1. The SMILES string of the molecule is Cc1cnc(S(=O)(=O)N2CCN(c3nc(CCc4ccc([N+](=O)[O-])cc4)cs3)CC2)[nH]1. The molecule has 1 fully saturated rings. The van der Waals surface area contributed by atoms with Crippen molar-refractivity contribution in [3.63, 3.8) is 0 Å². The number of nitro groups is 1. The van der Waals surface area contributed by atoms with E-state index in [1.807, 2.05) is 5.38 Å². The Morgan fingerprint density at radius 3 is 2.48 bits per heavy atom. The fourth-order valence-electron chi connectivity index (χ4n) is 3.37. The van der Waals surface area contributed by atoms with Crippen molar-refractivity contribution < 1.29 is 13.3 Å². The number of nitrogens with one attached hydrogen (secondary N) is 1. The van der Waals surface area contributed by atoms with E-state index in [-0.39, 0.29) is 10.8 Å². The minimum absolute atomic E-state index is 0.0128. The zero-order valence-electron chi connectivity index (χ0n) is 16.9. The summed E-state index contributed by atoms with van der Waals surface area (Å²) in [6.45, 7) is 3.65. The van der Waals surface area contributed by atoms with Gasteiger partial charge < -0.3 is 9.88 Å². The van der Waals surface area contributed by atoms with Crippen LogP contribution in [0.3, 0.4) is 0 Å². The largest absolute Gasteiger partial charge is 0.345 e. The van der Waals surface area contributed by atoms with Crippen molar-refractivity contribution >= 4 is 32.2 Å². The lowest BCUT2D eigenvalue weighted by atomic mass is 10.1. The van der Waals surface area contributed by atoms with Crippen LogP contribution in [0.4, 0.5) is 10.8 Å². The number of hydrogen-bond acceptors (Lipinski definition) is 8. The second-order valence-electron chi connectivity index (χ2n) is 7.31. The number of anilines is 1. The number of thiazole rings is 1. The second-order valence-corrected chi connectivity index (χ2v) is 10.00. The first-order valence-corrected chi connectivity index (χ1v) is 12.1. The predicted octanol–water partition coefficient (Wildman–Crippen LogP) is 2.38. The Morgan fingerprint density at radius 2 is 1.87 bits per heavy atom. The molecule has 0 amide bonds. The number of piperazine rings is 1. The third kappa shape index (κ3) is 4.75. The Balaban J connectivity index is 1.32. The van der Waals surface area contributed by atoms with E-state index in [1.54, 1.807) is 30.4 Å². The number of H-pyrrole nitrogens is 1. The summed E-state index contributed by atoms with van der Waals surface area (Å²) in [7, 11) is -3.61. The molecule has 4 rings (SSSR count). The summed E-state index contributed by atoms with van der Waals surface area (Å²) >= 11 is 1.55. The van der Waals surface area contributed by atoms with E-state index in [9.17, 15) is 18.5 Å². The molecule has 164 valence electrons. The van der Waals surface area contributed by atoms with Gasteiger partial charge in [-0.3, -0.25) is 10.1 Å². The molecule has 2 aromatic heterocycles. The number of imidazole rings is 1. The summed E-state index contributed by atoms with van der Waals surface area (Å²) in [6, 6.07) is 6.57. The van der Waals surface area contributed by atoms with Crippen LogP contribution in [0.5, 0.6) is 0 Å². The number of nitrogens with zero attached hydrogens (tertiary/aromatic N) is 5. The number of aromatic nitrogens is 3. The van der Waals surface area contributed by atoms with E-state index < -0.39 is 14.9 Å². The smallest absolute Gasteiger partial charge is 0.276 e. The molecular weight excluding hydrogens is 440 g/mol. The molecule has 0 unspecified atom stereocenters. The molecule has 1 aromatic carbocycles. The summed E-state index contributed by atoms with van der Waals surface area (Å²) in [5.41, 5.74) is 2.77. The Bertz CT molecular complexity index is 1160. The highest BCUT2D eigenvalue weighted by Gasteiger charge is 2.31. The van der Waals surface area contributed by atoms with E-state index >= 15 is 0 Å². The molecule has 31 heavy (non-hydrogen) atoms. The van der Waals surface area contributed by atoms with Gasteiger partial charge in [0.1, 0.15) is 0 Å². The van der Waals surface area contributed by atoms with Crippen LogP contribution < -0.4 is 4.90 Å². The van der Waals surface area contributed by atoms with E-state index in [0.717, 1.165) is 29.2 Å². The van der Waals surface area contributed by atoms with Gasteiger partial charge in [-0.25, -0.2) is 18.4 Å². The molecule has 0 aliphatic carbocycles. The van der Waals surface area contributed by atoms with Crippen molar-refractivity contribution in [1.29, 1.82) is 0 Å². The number of aromatic amines is 1. The van der Waals surface area contributed by atoms with Gasteiger partial charge in [0.25, 0.3) is 15.7 Å². The van der Waals surface area contributed by atoms with Crippen LogP contribution >= 0.6 is 11.3 Å². The van der Waals surface area contributed by atoms with Crippen molar-refractivity contribution in [1.82, 2.24) is 19.3 Å². The Hall–Kier alpha value is -2.83. The topological polar surface area (TPSA) is 125 Å². The lowest BCUT2D eigenvalue weighted by Crippen LogP contribution is -2.48. The fourth-order valence-corrected chi connectivity index (χ4v) is 5.65. The van der Waals surface area contributed by atoms with Gasteiger partial charge in [0, 0.05) is 55.6 Å². The maximum atomic E-state index is 12.7. The maximum Gasteiger partial charge on any atom is 0.276 e. The van der Waals surface area contributed by atoms with Crippen molar-refractivity contribution in [2.75, 3.05) is 31.1 Å². The normalized spacial score (nSPS) is 15.3. The molecule has 0 atom stereocenters. The third-order valence-corrected chi connectivity index (χ3v) is 7.82. The highest BCUT2D eigenvalue weighted by Crippen LogP contribution is 2.24. The van der Waals surface area contributed by atoms with E-state index in [4.69, 9.17) is 4.98 Å². The van der Waals surface area contributed by atoms with Crippen molar-refractivity contribution in [2.24, 2.45) is 0 Å². The predicted molar refractivity (Wildman–Crippen MR) is 117 cm³/mol. The highest BCUT2D eigenvalue weighted by atomic mass is 32.2. The molecule has 3 aromatic rings. The molecule has 1 N–H and O–H groups in total. The Kier molecular flexibility index (Phi) is 6.03. The molecule has 10 nitrogen and oxygen atoms in total. The number of hydrogen-bond donors (Lipinski definition) is 1. The van der Waals surface area contributed by atoms with Gasteiger partial charge in [0.15, 0.2) is 5.13 Å². The van der Waals surface area contributed by atoms with Crippen LogP contribution in [-0.2, 0) is 22.9 Å². The van der Waals surface area contributed by atoms with Gasteiger partial charge in [-0.05, 0) is 25.3 Å². The average molecular weight is 463 g/mol.